The van der Waals surface area contributed by atoms with Gasteiger partial charge in [0.05, 0.1) is 13.0 Å². The highest BCUT2D eigenvalue weighted by Gasteiger charge is 2.28. The number of carbonyl (C=O) groups excluding carboxylic acids is 1. The van der Waals surface area contributed by atoms with Gasteiger partial charge in [-0.05, 0) is 36.0 Å². The Morgan fingerprint density at radius 1 is 1.00 bits per heavy atom. The van der Waals surface area contributed by atoms with Crippen LogP contribution in [0.25, 0.3) is 0 Å². The molecule has 0 atom stereocenters. The highest BCUT2D eigenvalue weighted by atomic mass is 16.5. The van der Waals surface area contributed by atoms with Crippen LogP contribution in [0.3, 0.4) is 0 Å². The lowest BCUT2D eigenvalue weighted by Gasteiger charge is -2.19. The Hall–Kier alpha value is -3.34. The molecule has 168 valence electrons. The summed E-state index contributed by atoms with van der Waals surface area (Å²) in [6.45, 7) is 8.36. The number of aromatic nitrogens is 1. The van der Waals surface area contributed by atoms with Crippen LogP contribution in [-0.4, -0.2) is 12.5 Å². The molecule has 1 heterocycles. The van der Waals surface area contributed by atoms with Gasteiger partial charge in [-0.3, -0.25) is 4.79 Å². The fourth-order valence-electron chi connectivity index (χ4n) is 3.87. The molecule has 0 fully saturated rings. The highest BCUT2D eigenvalue weighted by Crippen LogP contribution is 2.28. The number of hydrogen-bond acceptors (Lipinski definition) is 3. The van der Waals surface area contributed by atoms with Crippen molar-refractivity contribution in [3.63, 3.8) is 0 Å². The van der Waals surface area contributed by atoms with E-state index in [2.05, 4.69) is 19.2 Å². The number of aryl methyl sites for hydroxylation is 3. The number of pyridine rings is 1. The Bertz CT molecular complexity index is 1060. The normalized spacial score (nSPS) is 10.8. The number of carbonyl (C=O) groups is 1. The van der Waals surface area contributed by atoms with Gasteiger partial charge >= 0.3 is 0 Å². The number of rotatable bonds is 9. The zero-order valence-electron chi connectivity index (χ0n) is 19.4. The molecule has 0 aliphatic carbocycles. The maximum atomic E-state index is 13.7. The van der Waals surface area contributed by atoms with Crippen LogP contribution < -0.4 is 14.8 Å². The first-order chi connectivity index (χ1) is 15.5. The summed E-state index contributed by atoms with van der Waals surface area (Å²) in [5.41, 5.74) is 5.12. The van der Waals surface area contributed by atoms with Crippen molar-refractivity contribution in [3.05, 3.63) is 93.4 Å². The average Bonchev–Trinajstić information content (AvgIpc) is 2.81. The Balaban J connectivity index is 2.12. The lowest BCUT2D eigenvalue weighted by atomic mass is 10.0. The van der Waals surface area contributed by atoms with Crippen molar-refractivity contribution in [2.45, 2.75) is 53.4 Å². The third kappa shape index (κ3) is 5.10. The molecule has 32 heavy (non-hydrogen) atoms. The molecule has 0 saturated heterocycles. The van der Waals surface area contributed by atoms with Gasteiger partial charge in [-0.2, -0.15) is 4.73 Å². The van der Waals surface area contributed by atoms with Gasteiger partial charge in [0.2, 0.25) is 5.69 Å². The minimum absolute atomic E-state index is 0.302. The molecule has 5 heteroatoms. The zero-order chi connectivity index (χ0) is 23.1. The molecule has 1 amide bonds. The van der Waals surface area contributed by atoms with E-state index in [0.29, 0.717) is 35.7 Å². The third-order valence-electron chi connectivity index (χ3n) is 5.58. The van der Waals surface area contributed by atoms with E-state index in [4.69, 9.17) is 4.74 Å². The van der Waals surface area contributed by atoms with Crippen LogP contribution in [0.5, 0.6) is 5.75 Å². The van der Waals surface area contributed by atoms with E-state index >= 15 is 0 Å². The smallest absolute Gasteiger partial charge is 0.265 e. The summed E-state index contributed by atoms with van der Waals surface area (Å²) < 4.78 is 6.81. The van der Waals surface area contributed by atoms with Gasteiger partial charge < -0.3 is 15.3 Å². The van der Waals surface area contributed by atoms with Gasteiger partial charge in [-0.1, -0.05) is 69.3 Å². The van der Waals surface area contributed by atoms with Crippen molar-refractivity contribution >= 4 is 11.6 Å². The molecule has 3 aromatic rings. The number of para-hydroxylation sites is 1. The van der Waals surface area contributed by atoms with Gasteiger partial charge in [-0.15, -0.1) is 0 Å². The largest absolute Gasteiger partial charge is 0.618 e. The van der Waals surface area contributed by atoms with Crippen molar-refractivity contribution in [2.75, 3.05) is 11.9 Å². The predicted octanol–water partition coefficient (Wildman–Crippen LogP) is 5.39. The number of benzene rings is 2. The fraction of sp³-hybridized carbons (Fsp3) is 0.333. The standard InChI is InChI=1S/C27H32N2O3/c1-5-16-32-24-17-19(4)29(31)23(18-20-12-9-8-10-13-20)25(24)27(30)28-26-21(6-2)14-11-15-22(26)7-3/h8-15,17H,5-7,16,18H2,1-4H3,(H,28,30). The molecule has 2 aromatic carbocycles. The van der Waals surface area contributed by atoms with Gasteiger partial charge in [0.15, 0.2) is 11.3 Å². The quantitative estimate of drug-likeness (QED) is 0.364. The summed E-state index contributed by atoms with van der Waals surface area (Å²) in [7, 11) is 0. The third-order valence-corrected chi connectivity index (χ3v) is 5.58. The average molecular weight is 433 g/mol. The number of nitrogens with one attached hydrogen (secondary N) is 1. The predicted molar refractivity (Wildman–Crippen MR) is 128 cm³/mol. The minimum Gasteiger partial charge on any atom is -0.618 e. The highest BCUT2D eigenvalue weighted by molar-refractivity contribution is 6.07. The van der Waals surface area contributed by atoms with Crippen LogP contribution >= 0.6 is 0 Å². The van der Waals surface area contributed by atoms with Gasteiger partial charge in [0.1, 0.15) is 5.75 Å². The lowest BCUT2D eigenvalue weighted by Crippen LogP contribution is -2.39. The van der Waals surface area contributed by atoms with E-state index in [9.17, 15) is 10.0 Å². The first kappa shape index (κ1) is 23.3. The molecule has 0 radical (unpaired) electrons. The van der Waals surface area contributed by atoms with Gasteiger partial charge in [0, 0.05) is 18.7 Å². The Morgan fingerprint density at radius 2 is 1.66 bits per heavy atom. The first-order valence-electron chi connectivity index (χ1n) is 11.3. The second-order valence-corrected chi connectivity index (χ2v) is 7.89. The molecule has 0 saturated carbocycles. The summed E-state index contributed by atoms with van der Waals surface area (Å²) in [4.78, 5) is 13.7. The molecular formula is C27H32N2O3. The summed E-state index contributed by atoms with van der Waals surface area (Å²) in [5, 5.41) is 16.2. The van der Waals surface area contributed by atoms with Gasteiger partial charge in [0.25, 0.3) is 5.91 Å². The first-order valence-corrected chi connectivity index (χ1v) is 11.3. The maximum Gasteiger partial charge on any atom is 0.265 e. The Kier molecular flexibility index (Phi) is 7.87. The van der Waals surface area contributed by atoms with E-state index in [0.717, 1.165) is 46.4 Å². The number of anilines is 1. The number of ether oxygens (including phenoxy) is 1. The van der Waals surface area contributed by atoms with Crippen molar-refractivity contribution in [3.8, 4) is 5.75 Å². The molecule has 0 bridgehead atoms. The van der Waals surface area contributed by atoms with Crippen LogP contribution in [0, 0.1) is 12.1 Å². The Labute approximate surface area is 190 Å². The van der Waals surface area contributed by atoms with Crippen molar-refractivity contribution < 1.29 is 14.3 Å². The number of amides is 1. The number of nitrogens with zero attached hydrogens (tertiary/aromatic N) is 1. The molecule has 0 aliphatic rings. The molecule has 0 unspecified atom stereocenters. The summed E-state index contributed by atoms with van der Waals surface area (Å²) in [6.07, 6.45) is 2.75. The van der Waals surface area contributed by atoms with Crippen LogP contribution in [0.1, 0.15) is 65.6 Å². The van der Waals surface area contributed by atoms with E-state index in [1.807, 2.05) is 55.5 Å². The molecule has 5 nitrogen and oxygen atoms in total. The number of hydrogen-bond donors (Lipinski definition) is 1. The molecule has 0 spiro atoms. The van der Waals surface area contributed by atoms with E-state index in [1.165, 1.54) is 0 Å². The second kappa shape index (κ2) is 10.8. The summed E-state index contributed by atoms with van der Waals surface area (Å²) >= 11 is 0. The van der Waals surface area contributed by atoms with Crippen LogP contribution in [0.15, 0.2) is 54.6 Å². The van der Waals surface area contributed by atoms with Gasteiger partial charge in [-0.25, -0.2) is 0 Å². The van der Waals surface area contributed by atoms with Crippen molar-refractivity contribution in [2.24, 2.45) is 0 Å². The van der Waals surface area contributed by atoms with Crippen LogP contribution in [0.2, 0.25) is 0 Å². The molecule has 1 N–H and O–H groups in total. The minimum atomic E-state index is -0.317. The monoisotopic (exact) mass is 432 g/mol. The van der Waals surface area contributed by atoms with Crippen LogP contribution in [0.4, 0.5) is 5.69 Å². The molecular weight excluding hydrogens is 400 g/mol. The Morgan fingerprint density at radius 3 is 2.25 bits per heavy atom. The van der Waals surface area contributed by atoms with Crippen LogP contribution in [-0.2, 0) is 19.3 Å². The summed E-state index contributed by atoms with van der Waals surface area (Å²) in [5.74, 6) is 0.133. The SMILES string of the molecule is CCCOc1cc(C)[n+]([O-])c(Cc2ccccc2)c1C(=O)Nc1c(CC)cccc1CC. The molecule has 3 rings (SSSR count). The fourth-order valence-corrected chi connectivity index (χ4v) is 3.87. The van der Waals surface area contributed by atoms with Crippen molar-refractivity contribution in [1.82, 2.24) is 0 Å². The lowest BCUT2D eigenvalue weighted by molar-refractivity contribution is -0.620. The van der Waals surface area contributed by atoms with E-state index < -0.39 is 0 Å². The zero-order valence-corrected chi connectivity index (χ0v) is 19.4. The second-order valence-electron chi connectivity index (χ2n) is 7.89. The van der Waals surface area contributed by atoms with E-state index in [1.54, 1.807) is 13.0 Å². The summed E-state index contributed by atoms with van der Waals surface area (Å²) in [6, 6.07) is 17.4. The molecule has 0 aliphatic heterocycles. The maximum absolute atomic E-state index is 13.7. The van der Waals surface area contributed by atoms with E-state index in [-0.39, 0.29) is 5.91 Å². The molecule has 1 aromatic heterocycles. The van der Waals surface area contributed by atoms with Crippen molar-refractivity contribution in [1.29, 1.82) is 0 Å². The topological polar surface area (TPSA) is 65.3 Å².